The number of hydrogen-bond donors (Lipinski definition) is 2. The molecule has 0 aromatic carbocycles. The van der Waals surface area contributed by atoms with Crippen LogP contribution in [0.25, 0.3) is 0 Å². The number of ether oxygens (including phenoxy) is 1. The van der Waals surface area contributed by atoms with Gasteiger partial charge >= 0.3 is 5.97 Å². The zero-order valence-corrected chi connectivity index (χ0v) is 11.4. The van der Waals surface area contributed by atoms with E-state index in [4.69, 9.17) is 14.3 Å². The standard InChI is InChI=1S/C11H15NO6S/c1-6-9(11(13)14)10(7(2)18-6)19(15,16)12-8-3-4-17-5-8/h8,12H,3-5H2,1-2H3,(H,13,14). The van der Waals surface area contributed by atoms with Gasteiger partial charge in [0.25, 0.3) is 0 Å². The summed E-state index contributed by atoms with van der Waals surface area (Å²) in [6.07, 6.45) is 0.567. The maximum absolute atomic E-state index is 12.3. The van der Waals surface area contributed by atoms with Crippen LogP contribution in [-0.4, -0.2) is 38.7 Å². The van der Waals surface area contributed by atoms with Gasteiger partial charge in [-0.1, -0.05) is 0 Å². The molecular formula is C11H15NO6S. The van der Waals surface area contributed by atoms with Crippen LogP contribution in [0.4, 0.5) is 0 Å². The average molecular weight is 289 g/mol. The highest BCUT2D eigenvalue weighted by atomic mass is 32.2. The van der Waals surface area contributed by atoms with E-state index in [9.17, 15) is 13.2 Å². The molecule has 1 saturated heterocycles. The second-order valence-corrected chi connectivity index (χ2v) is 6.06. The molecule has 1 aromatic rings. The lowest BCUT2D eigenvalue weighted by atomic mass is 10.2. The molecular weight excluding hydrogens is 274 g/mol. The molecule has 0 saturated carbocycles. The van der Waals surface area contributed by atoms with Crippen LogP contribution in [-0.2, 0) is 14.8 Å². The fraction of sp³-hybridized carbons (Fsp3) is 0.545. The highest BCUT2D eigenvalue weighted by molar-refractivity contribution is 7.89. The molecule has 1 fully saturated rings. The van der Waals surface area contributed by atoms with Gasteiger partial charge in [0, 0.05) is 12.6 Å². The first-order chi connectivity index (χ1) is 8.83. The molecule has 1 aliphatic heterocycles. The van der Waals surface area contributed by atoms with E-state index < -0.39 is 16.0 Å². The lowest BCUT2D eigenvalue weighted by Gasteiger charge is -2.11. The number of rotatable bonds is 4. The van der Waals surface area contributed by atoms with Gasteiger partial charge in [0.1, 0.15) is 22.0 Å². The minimum atomic E-state index is -3.93. The van der Waals surface area contributed by atoms with E-state index >= 15 is 0 Å². The molecule has 1 aromatic heterocycles. The van der Waals surface area contributed by atoms with Gasteiger partial charge in [-0.15, -0.1) is 0 Å². The summed E-state index contributed by atoms with van der Waals surface area (Å²) in [6, 6.07) is -0.332. The molecule has 2 N–H and O–H groups in total. The van der Waals surface area contributed by atoms with E-state index in [1.807, 2.05) is 0 Å². The summed E-state index contributed by atoms with van der Waals surface area (Å²) < 4.78 is 37.2. The van der Waals surface area contributed by atoms with Crippen LogP contribution < -0.4 is 4.72 Å². The van der Waals surface area contributed by atoms with E-state index in [-0.39, 0.29) is 34.6 Å². The summed E-state index contributed by atoms with van der Waals surface area (Å²) in [4.78, 5) is 10.9. The molecule has 1 atom stereocenters. The molecule has 2 heterocycles. The van der Waals surface area contributed by atoms with Crippen molar-refractivity contribution in [2.24, 2.45) is 0 Å². The van der Waals surface area contributed by atoms with E-state index in [0.29, 0.717) is 13.0 Å². The Labute approximate surface area is 110 Å². The number of furan rings is 1. The summed E-state index contributed by atoms with van der Waals surface area (Å²) in [6.45, 7) is 3.63. The highest BCUT2D eigenvalue weighted by Crippen LogP contribution is 2.27. The number of sulfonamides is 1. The predicted octanol–water partition coefficient (Wildman–Crippen LogP) is 0.662. The van der Waals surface area contributed by atoms with Crippen LogP contribution in [0.1, 0.15) is 28.3 Å². The zero-order valence-electron chi connectivity index (χ0n) is 10.6. The van der Waals surface area contributed by atoms with Crippen LogP contribution in [0.15, 0.2) is 9.31 Å². The largest absolute Gasteiger partial charge is 0.478 e. The molecule has 1 unspecified atom stereocenters. The molecule has 0 amide bonds. The Morgan fingerprint density at radius 3 is 2.58 bits per heavy atom. The molecule has 0 aliphatic carbocycles. The second-order valence-electron chi connectivity index (χ2n) is 4.41. The van der Waals surface area contributed by atoms with Crippen molar-refractivity contribution in [1.29, 1.82) is 0 Å². The monoisotopic (exact) mass is 289 g/mol. The van der Waals surface area contributed by atoms with Crippen molar-refractivity contribution in [3.8, 4) is 0 Å². The Balaban J connectivity index is 2.42. The average Bonchev–Trinajstić information content (AvgIpc) is 2.85. The SMILES string of the molecule is Cc1oc(C)c(S(=O)(=O)NC2CCOC2)c1C(=O)O. The molecule has 1 aliphatic rings. The van der Waals surface area contributed by atoms with Gasteiger partial charge < -0.3 is 14.3 Å². The van der Waals surface area contributed by atoms with E-state index in [1.54, 1.807) is 0 Å². The Morgan fingerprint density at radius 2 is 2.05 bits per heavy atom. The number of carboxylic acid groups (broad SMARTS) is 1. The topological polar surface area (TPSA) is 106 Å². The van der Waals surface area contributed by atoms with Crippen LogP contribution in [0.2, 0.25) is 0 Å². The van der Waals surface area contributed by atoms with Crippen molar-refractivity contribution in [3.05, 3.63) is 17.1 Å². The van der Waals surface area contributed by atoms with Gasteiger partial charge in [0.2, 0.25) is 10.0 Å². The van der Waals surface area contributed by atoms with Crippen molar-refractivity contribution >= 4 is 16.0 Å². The summed E-state index contributed by atoms with van der Waals surface area (Å²) in [7, 11) is -3.93. The number of nitrogens with one attached hydrogen (secondary N) is 1. The minimum Gasteiger partial charge on any atom is -0.478 e. The summed E-state index contributed by atoms with van der Waals surface area (Å²) in [5.74, 6) is -1.17. The van der Waals surface area contributed by atoms with Gasteiger partial charge in [-0.3, -0.25) is 0 Å². The van der Waals surface area contributed by atoms with Gasteiger partial charge in [0.05, 0.1) is 6.61 Å². The Hall–Kier alpha value is -1.38. The number of carbonyl (C=O) groups is 1. The Bertz CT molecular complexity index is 597. The number of carboxylic acids is 1. The number of aromatic carboxylic acids is 1. The van der Waals surface area contributed by atoms with E-state index in [2.05, 4.69) is 4.72 Å². The second kappa shape index (κ2) is 4.95. The first-order valence-corrected chi connectivity index (χ1v) is 7.24. The smallest absolute Gasteiger partial charge is 0.340 e. The van der Waals surface area contributed by atoms with Crippen LogP contribution in [0.3, 0.4) is 0 Å². The third kappa shape index (κ3) is 2.65. The molecule has 106 valence electrons. The Morgan fingerprint density at radius 1 is 1.37 bits per heavy atom. The molecule has 8 heteroatoms. The molecule has 7 nitrogen and oxygen atoms in total. The fourth-order valence-electron chi connectivity index (χ4n) is 2.14. The highest BCUT2D eigenvalue weighted by Gasteiger charge is 2.33. The fourth-order valence-corrected chi connectivity index (χ4v) is 3.80. The molecule has 0 spiro atoms. The van der Waals surface area contributed by atoms with Crippen molar-refractivity contribution in [2.75, 3.05) is 13.2 Å². The zero-order chi connectivity index (χ0) is 14.2. The molecule has 2 rings (SSSR count). The number of hydrogen-bond acceptors (Lipinski definition) is 5. The lowest BCUT2D eigenvalue weighted by molar-refractivity contribution is 0.0691. The quantitative estimate of drug-likeness (QED) is 0.843. The maximum atomic E-state index is 12.3. The lowest BCUT2D eigenvalue weighted by Crippen LogP contribution is -2.35. The van der Waals surface area contributed by atoms with Gasteiger partial charge in [-0.2, -0.15) is 0 Å². The molecule has 19 heavy (non-hydrogen) atoms. The van der Waals surface area contributed by atoms with E-state index in [1.165, 1.54) is 13.8 Å². The first-order valence-electron chi connectivity index (χ1n) is 5.76. The van der Waals surface area contributed by atoms with Crippen LogP contribution >= 0.6 is 0 Å². The van der Waals surface area contributed by atoms with Crippen LogP contribution in [0.5, 0.6) is 0 Å². The molecule has 0 bridgehead atoms. The van der Waals surface area contributed by atoms with Crippen molar-refractivity contribution in [1.82, 2.24) is 4.72 Å². The molecule has 0 radical (unpaired) electrons. The Kier molecular flexibility index (Phi) is 3.66. The third-order valence-corrected chi connectivity index (χ3v) is 4.61. The maximum Gasteiger partial charge on any atom is 0.340 e. The minimum absolute atomic E-state index is 0.0707. The van der Waals surface area contributed by atoms with Gasteiger partial charge in [0.15, 0.2) is 0 Å². The first kappa shape index (κ1) is 14.0. The summed E-state index contributed by atoms with van der Waals surface area (Å²) in [5.41, 5.74) is -0.316. The number of aryl methyl sites for hydroxylation is 2. The summed E-state index contributed by atoms with van der Waals surface area (Å²) in [5, 5.41) is 9.11. The van der Waals surface area contributed by atoms with Crippen molar-refractivity contribution in [3.63, 3.8) is 0 Å². The normalized spacial score (nSPS) is 19.8. The third-order valence-electron chi connectivity index (χ3n) is 2.94. The van der Waals surface area contributed by atoms with Gasteiger partial charge in [-0.25, -0.2) is 17.9 Å². The van der Waals surface area contributed by atoms with Crippen LogP contribution in [0, 0.1) is 13.8 Å². The van der Waals surface area contributed by atoms with Crippen molar-refractivity contribution in [2.45, 2.75) is 31.2 Å². The van der Waals surface area contributed by atoms with Gasteiger partial charge in [-0.05, 0) is 20.3 Å². The summed E-state index contributed by atoms with van der Waals surface area (Å²) >= 11 is 0. The van der Waals surface area contributed by atoms with Crippen molar-refractivity contribution < 1.29 is 27.5 Å². The predicted molar refractivity (Wildman–Crippen MR) is 64.7 cm³/mol. The van der Waals surface area contributed by atoms with E-state index in [0.717, 1.165) is 0 Å².